The lowest BCUT2D eigenvalue weighted by Crippen LogP contribution is -3.15. The number of carbonyl (C=O) groups excluding carboxylic acids is 1. The Balaban J connectivity index is 1.38. The predicted octanol–water partition coefficient (Wildman–Crippen LogP) is 0.940. The maximum atomic E-state index is 12.8. The molecular weight excluding hydrogens is 406 g/mol. The minimum Gasteiger partial charge on any atom is -0.495 e. The van der Waals surface area contributed by atoms with Gasteiger partial charge in [-0.05, 0) is 39.0 Å². The van der Waals surface area contributed by atoms with E-state index in [1.165, 1.54) is 4.90 Å². The Morgan fingerprint density at radius 2 is 1.75 bits per heavy atom. The standard InChI is InChI=1S/C23H29N7O2/c1-16-13-17(2)25-23(24-16)30-21(14-18(3)27-30)26-22(31)15-28-9-11-29(12-10-28)19-7-5-6-8-20(19)32-4/h5-8,13-14H,9-12,15H2,1-4H3,(H,26,31)/p+1. The number of nitrogens with one attached hydrogen (secondary N) is 2. The molecular formula is C23H30N7O2+. The van der Waals surface area contributed by atoms with Crippen molar-refractivity contribution in [3.8, 4) is 11.7 Å². The molecule has 168 valence electrons. The van der Waals surface area contributed by atoms with Gasteiger partial charge in [-0.15, -0.1) is 0 Å². The van der Waals surface area contributed by atoms with E-state index in [-0.39, 0.29) is 5.91 Å². The van der Waals surface area contributed by atoms with Crippen LogP contribution in [0.1, 0.15) is 17.1 Å². The van der Waals surface area contributed by atoms with Gasteiger partial charge in [0.2, 0.25) is 0 Å². The fourth-order valence-corrected chi connectivity index (χ4v) is 4.09. The summed E-state index contributed by atoms with van der Waals surface area (Å²) in [5.41, 5.74) is 3.61. The highest BCUT2D eigenvalue weighted by Gasteiger charge is 2.24. The molecule has 1 saturated heterocycles. The van der Waals surface area contributed by atoms with Crippen LogP contribution in [0.25, 0.3) is 5.95 Å². The molecule has 9 nitrogen and oxygen atoms in total. The lowest BCUT2D eigenvalue weighted by atomic mass is 10.2. The molecule has 3 heterocycles. The van der Waals surface area contributed by atoms with Gasteiger partial charge in [-0.2, -0.15) is 9.78 Å². The molecule has 0 radical (unpaired) electrons. The van der Waals surface area contributed by atoms with Crippen LogP contribution in [-0.4, -0.2) is 65.5 Å². The van der Waals surface area contributed by atoms with Crippen molar-refractivity contribution in [1.29, 1.82) is 0 Å². The Bertz CT molecular complexity index is 1080. The molecule has 1 amide bonds. The molecule has 0 saturated carbocycles. The van der Waals surface area contributed by atoms with E-state index in [4.69, 9.17) is 4.74 Å². The Morgan fingerprint density at radius 1 is 1.06 bits per heavy atom. The third-order valence-electron chi connectivity index (χ3n) is 5.57. The highest BCUT2D eigenvalue weighted by atomic mass is 16.5. The number of aromatic nitrogens is 4. The first-order chi connectivity index (χ1) is 15.4. The van der Waals surface area contributed by atoms with Crippen LogP contribution < -0.4 is 19.9 Å². The predicted molar refractivity (Wildman–Crippen MR) is 123 cm³/mol. The molecule has 9 heteroatoms. The third kappa shape index (κ3) is 4.88. The number of para-hydroxylation sites is 2. The molecule has 0 unspecified atom stereocenters. The van der Waals surface area contributed by atoms with Crippen molar-refractivity contribution in [2.45, 2.75) is 20.8 Å². The zero-order valence-electron chi connectivity index (χ0n) is 19.1. The topological polar surface area (TPSA) is 89.6 Å². The van der Waals surface area contributed by atoms with Crippen molar-refractivity contribution in [3.05, 3.63) is 53.5 Å². The largest absolute Gasteiger partial charge is 0.495 e. The highest BCUT2D eigenvalue weighted by molar-refractivity contribution is 5.90. The molecule has 1 fully saturated rings. The van der Waals surface area contributed by atoms with Crippen LogP contribution in [0.5, 0.6) is 5.75 Å². The SMILES string of the molecule is COc1ccccc1N1CC[NH+](CC(=O)Nc2cc(C)nn2-c2nc(C)cc(C)n2)CC1. The molecule has 1 aromatic carbocycles. The second-order valence-electron chi connectivity index (χ2n) is 8.17. The van der Waals surface area contributed by atoms with Gasteiger partial charge in [0, 0.05) is 17.5 Å². The first-order valence-electron chi connectivity index (χ1n) is 10.8. The number of piperazine rings is 1. The van der Waals surface area contributed by atoms with Gasteiger partial charge in [0.1, 0.15) is 11.6 Å². The smallest absolute Gasteiger partial charge is 0.280 e. The maximum Gasteiger partial charge on any atom is 0.280 e. The number of hydrogen-bond donors (Lipinski definition) is 2. The first-order valence-corrected chi connectivity index (χ1v) is 10.8. The molecule has 0 bridgehead atoms. The molecule has 3 aromatic rings. The number of aryl methyl sites for hydroxylation is 3. The van der Waals surface area contributed by atoms with Gasteiger partial charge >= 0.3 is 0 Å². The number of benzene rings is 1. The van der Waals surface area contributed by atoms with Crippen molar-refractivity contribution in [2.24, 2.45) is 0 Å². The van der Waals surface area contributed by atoms with Crippen LogP contribution in [-0.2, 0) is 4.79 Å². The summed E-state index contributed by atoms with van der Waals surface area (Å²) in [7, 11) is 1.69. The van der Waals surface area contributed by atoms with E-state index in [1.807, 2.05) is 51.1 Å². The lowest BCUT2D eigenvalue weighted by molar-refractivity contribution is -0.892. The van der Waals surface area contributed by atoms with Crippen LogP contribution in [0, 0.1) is 20.8 Å². The van der Waals surface area contributed by atoms with Crippen LogP contribution >= 0.6 is 0 Å². The van der Waals surface area contributed by atoms with Gasteiger partial charge in [0.15, 0.2) is 6.54 Å². The molecule has 4 rings (SSSR count). The number of ether oxygens (including phenoxy) is 1. The monoisotopic (exact) mass is 436 g/mol. The third-order valence-corrected chi connectivity index (χ3v) is 5.57. The Labute approximate surface area is 188 Å². The summed E-state index contributed by atoms with van der Waals surface area (Å²) >= 11 is 0. The van der Waals surface area contributed by atoms with Gasteiger partial charge in [-0.3, -0.25) is 4.79 Å². The van der Waals surface area contributed by atoms with Gasteiger partial charge in [-0.1, -0.05) is 12.1 Å². The second kappa shape index (κ2) is 9.35. The van der Waals surface area contributed by atoms with E-state index in [0.29, 0.717) is 18.3 Å². The van der Waals surface area contributed by atoms with Gasteiger partial charge in [-0.25, -0.2) is 9.97 Å². The number of anilines is 2. The van der Waals surface area contributed by atoms with Crippen LogP contribution in [0.3, 0.4) is 0 Å². The number of nitrogens with zero attached hydrogens (tertiary/aromatic N) is 5. The fraction of sp³-hybridized carbons (Fsp3) is 0.391. The van der Waals surface area contributed by atoms with Crippen molar-refractivity contribution >= 4 is 17.4 Å². The lowest BCUT2D eigenvalue weighted by Gasteiger charge is -2.34. The van der Waals surface area contributed by atoms with E-state index < -0.39 is 0 Å². The fourth-order valence-electron chi connectivity index (χ4n) is 4.09. The van der Waals surface area contributed by atoms with Crippen LogP contribution in [0.2, 0.25) is 0 Å². The summed E-state index contributed by atoms with van der Waals surface area (Å²) in [6.07, 6.45) is 0. The summed E-state index contributed by atoms with van der Waals surface area (Å²) in [5.74, 6) is 1.88. The van der Waals surface area contributed by atoms with E-state index in [0.717, 1.165) is 54.7 Å². The Morgan fingerprint density at radius 3 is 2.44 bits per heavy atom. The van der Waals surface area contributed by atoms with E-state index in [2.05, 4.69) is 31.3 Å². The molecule has 2 N–H and O–H groups in total. The average Bonchev–Trinajstić information content (AvgIpc) is 3.13. The van der Waals surface area contributed by atoms with E-state index >= 15 is 0 Å². The highest BCUT2D eigenvalue weighted by Crippen LogP contribution is 2.27. The summed E-state index contributed by atoms with van der Waals surface area (Å²) < 4.78 is 7.09. The quantitative estimate of drug-likeness (QED) is 0.598. The van der Waals surface area contributed by atoms with Gasteiger partial charge in [0.05, 0.1) is 44.7 Å². The summed E-state index contributed by atoms with van der Waals surface area (Å²) in [4.78, 5) is 25.3. The average molecular weight is 437 g/mol. The molecule has 2 aromatic heterocycles. The van der Waals surface area contributed by atoms with Gasteiger partial charge < -0.3 is 19.9 Å². The minimum atomic E-state index is -0.0451. The van der Waals surface area contributed by atoms with E-state index in [1.54, 1.807) is 11.8 Å². The van der Waals surface area contributed by atoms with Crippen LogP contribution in [0.15, 0.2) is 36.4 Å². The molecule has 1 aliphatic heterocycles. The van der Waals surface area contributed by atoms with Crippen molar-refractivity contribution in [1.82, 2.24) is 19.7 Å². The minimum absolute atomic E-state index is 0.0451. The van der Waals surface area contributed by atoms with Crippen molar-refractivity contribution < 1.29 is 14.4 Å². The molecule has 0 spiro atoms. The van der Waals surface area contributed by atoms with E-state index in [9.17, 15) is 4.79 Å². The summed E-state index contributed by atoms with van der Waals surface area (Å²) in [6, 6.07) is 11.8. The number of amides is 1. The summed E-state index contributed by atoms with van der Waals surface area (Å²) in [6.45, 7) is 9.62. The maximum absolute atomic E-state index is 12.8. The zero-order chi connectivity index (χ0) is 22.7. The van der Waals surface area contributed by atoms with Crippen LogP contribution in [0.4, 0.5) is 11.5 Å². The Kier molecular flexibility index (Phi) is 6.36. The number of rotatable bonds is 6. The second-order valence-corrected chi connectivity index (χ2v) is 8.17. The number of methoxy groups -OCH3 is 1. The molecule has 0 atom stereocenters. The van der Waals surface area contributed by atoms with Gasteiger partial charge in [0.25, 0.3) is 11.9 Å². The number of carbonyl (C=O) groups is 1. The number of quaternary nitrogens is 1. The normalized spacial score (nSPS) is 14.4. The summed E-state index contributed by atoms with van der Waals surface area (Å²) in [5, 5.41) is 7.48. The Hall–Kier alpha value is -3.46. The van der Waals surface area contributed by atoms with Crippen molar-refractivity contribution in [2.75, 3.05) is 50.1 Å². The first kappa shape index (κ1) is 21.8. The zero-order valence-corrected chi connectivity index (χ0v) is 19.1. The number of hydrogen-bond acceptors (Lipinski definition) is 6. The van der Waals surface area contributed by atoms with Crippen molar-refractivity contribution in [3.63, 3.8) is 0 Å². The molecule has 32 heavy (non-hydrogen) atoms. The molecule has 1 aliphatic rings. The molecule has 0 aliphatic carbocycles.